The number of pyridine rings is 1. The van der Waals surface area contributed by atoms with Crippen molar-refractivity contribution in [1.82, 2.24) is 9.38 Å². The van der Waals surface area contributed by atoms with Crippen LogP contribution in [0.15, 0.2) is 24.4 Å². The molecule has 1 unspecified atom stereocenters. The van der Waals surface area contributed by atoms with Crippen LogP contribution >= 0.6 is 11.6 Å². The molecule has 2 aromatic heterocycles. The highest BCUT2D eigenvalue weighted by molar-refractivity contribution is 6.17. The van der Waals surface area contributed by atoms with Crippen LogP contribution in [0.1, 0.15) is 31.9 Å². The van der Waals surface area contributed by atoms with Crippen LogP contribution in [-0.4, -0.2) is 22.0 Å². The highest BCUT2D eigenvalue weighted by atomic mass is 35.5. The van der Waals surface area contributed by atoms with E-state index in [0.717, 1.165) is 23.7 Å². The summed E-state index contributed by atoms with van der Waals surface area (Å²) in [5.74, 6) is 1.58. The molecule has 0 aromatic carbocycles. The first kappa shape index (κ1) is 11.8. The van der Waals surface area contributed by atoms with Crippen LogP contribution in [0.25, 0.3) is 5.65 Å². The summed E-state index contributed by atoms with van der Waals surface area (Å²) in [4.78, 5) is 7.17. The standard InChI is InChI=1S/C14H18ClN3/c1-11-6-2-4-8-17(11)14-12(10-15)18-9-5-3-7-13(18)16-14/h3,5,7,9,11H,2,4,6,8,10H2,1H3. The fourth-order valence-corrected chi connectivity index (χ4v) is 3.05. The molecule has 1 atom stereocenters. The van der Waals surface area contributed by atoms with Gasteiger partial charge in [0.25, 0.3) is 0 Å². The Morgan fingerprint density at radius 2 is 2.28 bits per heavy atom. The van der Waals surface area contributed by atoms with Gasteiger partial charge in [-0.2, -0.15) is 0 Å². The molecular weight excluding hydrogens is 246 g/mol. The first-order valence-corrected chi connectivity index (χ1v) is 7.13. The average molecular weight is 264 g/mol. The molecule has 0 saturated carbocycles. The van der Waals surface area contributed by atoms with E-state index in [1.807, 2.05) is 24.4 Å². The Hall–Kier alpha value is -1.22. The Kier molecular flexibility index (Phi) is 3.16. The number of fused-ring (bicyclic) bond motifs is 1. The van der Waals surface area contributed by atoms with Gasteiger partial charge < -0.3 is 9.30 Å². The number of imidazole rings is 1. The van der Waals surface area contributed by atoms with Crippen molar-refractivity contribution in [3.63, 3.8) is 0 Å². The zero-order chi connectivity index (χ0) is 12.5. The highest BCUT2D eigenvalue weighted by Gasteiger charge is 2.24. The van der Waals surface area contributed by atoms with Crippen molar-refractivity contribution in [3.8, 4) is 0 Å². The minimum atomic E-state index is 0.504. The van der Waals surface area contributed by atoms with Gasteiger partial charge in [0, 0.05) is 18.8 Å². The molecule has 3 nitrogen and oxygen atoms in total. The molecule has 0 radical (unpaired) electrons. The van der Waals surface area contributed by atoms with Gasteiger partial charge in [-0.15, -0.1) is 11.6 Å². The topological polar surface area (TPSA) is 20.5 Å². The molecule has 4 heteroatoms. The number of hydrogen-bond donors (Lipinski definition) is 0. The minimum Gasteiger partial charge on any atom is -0.352 e. The fourth-order valence-electron chi connectivity index (χ4n) is 2.80. The zero-order valence-corrected chi connectivity index (χ0v) is 11.4. The third-order valence-corrected chi connectivity index (χ3v) is 4.06. The lowest BCUT2D eigenvalue weighted by atomic mass is 10.0. The average Bonchev–Trinajstić information content (AvgIpc) is 2.77. The molecule has 0 spiro atoms. The summed E-state index contributed by atoms with van der Waals surface area (Å²) in [5.41, 5.74) is 2.10. The summed E-state index contributed by atoms with van der Waals surface area (Å²) in [6, 6.07) is 6.64. The number of rotatable bonds is 2. The molecule has 0 amide bonds. The monoisotopic (exact) mass is 263 g/mol. The molecule has 3 rings (SSSR count). The molecule has 0 bridgehead atoms. The van der Waals surface area contributed by atoms with Crippen LogP contribution in [0.5, 0.6) is 0 Å². The molecule has 1 aliphatic rings. The predicted molar refractivity (Wildman–Crippen MR) is 75.4 cm³/mol. The van der Waals surface area contributed by atoms with Crippen LogP contribution in [0.4, 0.5) is 5.82 Å². The summed E-state index contributed by atoms with van der Waals surface area (Å²) in [6.07, 6.45) is 5.86. The van der Waals surface area contributed by atoms with E-state index in [-0.39, 0.29) is 0 Å². The number of alkyl halides is 1. The third kappa shape index (κ3) is 1.87. The molecule has 1 fully saturated rings. The van der Waals surface area contributed by atoms with Crippen molar-refractivity contribution in [2.75, 3.05) is 11.4 Å². The van der Waals surface area contributed by atoms with Gasteiger partial charge in [-0.3, -0.25) is 0 Å². The number of hydrogen-bond acceptors (Lipinski definition) is 2. The largest absolute Gasteiger partial charge is 0.352 e. The minimum absolute atomic E-state index is 0.504. The van der Waals surface area contributed by atoms with Gasteiger partial charge in [0.2, 0.25) is 0 Å². The second-order valence-electron chi connectivity index (χ2n) is 4.98. The number of aromatic nitrogens is 2. The third-order valence-electron chi connectivity index (χ3n) is 3.81. The summed E-state index contributed by atoms with van der Waals surface area (Å²) in [5, 5.41) is 0. The van der Waals surface area contributed by atoms with Crippen LogP contribution in [-0.2, 0) is 5.88 Å². The van der Waals surface area contributed by atoms with E-state index in [4.69, 9.17) is 16.6 Å². The number of anilines is 1. The summed E-state index contributed by atoms with van der Waals surface area (Å²) < 4.78 is 2.10. The first-order chi connectivity index (χ1) is 8.81. The Bertz CT molecular complexity index is 549. The number of nitrogens with zero attached hydrogens (tertiary/aromatic N) is 3. The van der Waals surface area contributed by atoms with Gasteiger partial charge in [0.05, 0.1) is 11.6 Å². The first-order valence-electron chi connectivity index (χ1n) is 6.60. The molecule has 2 aromatic rings. The van der Waals surface area contributed by atoms with Crippen molar-refractivity contribution in [3.05, 3.63) is 30.1 Å². The van der Waals surface area contributed by atoms with Gasteiger partial charge in [-0.1, -0.05) is 6.07 Å². The fraction of sp³-hybridized carbons (Fsp3) is 0.500. The molecule has 18 heavy (non-hydrogen) atoms. The van der Waals surface area contributed by atoms with E-state index in [9.17, 15) is 0 Å². The molecule has 1 saturated heterocycles. The smallest absolute Gasteiger partial charge is 0.152 e. The van der Waals surface area contributed by atoms with Crippen LogP contribution in [0, 0.1) is 0 Å². The lowest BCUT2D eigenvalue weighted by Gasteiger charge is -2.34. The highest BCUT2D eigenvalue weighted by Crippen LogP contribution is 2.29. The Morgan fingerprint density at radius 3 is 3.06 bits per heavy atom. The molecule has 0 N–H and O–H groups in total. The van der Waals surface area contributed by atoms with Crippen molar-refractivity contribution >= 4 is 23.1 Å². The van der Waals surface area contributed by atoms with Crippen molar-refractivity contribution < 1.29 is 0 Å². The van der Waals surface area contributed by atoms with E-state index in [0.29, 0.717) is 11.9 Å². The van der Waals surface area contributed by atoms with Crippen molar-refractivity contribution in [2.24, 2.45) is 0 Å². The number of piperidine rings is 1. The Labute approximate surface area is 112 Å². The predicted octanol–water partition coefficient (Wildman–Crippen LogP) is 3.45. The maximum absolute atomic E-state index is 6.13. The van der Waals surface area contributed by atoms with E-state index < -0.39 is 0 Å². The summed E-state index contributed by atoms with van der Waals surface area (Å²) in [7, 11) is 0. The zero-order valence-electron chi connectivity index (χ0n) is 10.6. The lowest BCUT2D eigenvalue weighted by molar-refractivity contribution is 0.481. The molecule has 0 aliphatic carbocycles. The maximum Gasteiger partial charge on any atom is 0.152 e. The number of halogens is 1. The van der Waals surface area contributed by atoms with Gasteiger partial charge in [-0.25, -0.2) is 4.98 Å². The van der Waals surface area contributed by atoms with Crippen LogP contribution in [0.3, 0.4) is 0 Å². The second-order valence-corrected chi connectivity index (χ2v) is 5.25. The molecule has 3 heterocycles. The quantitative estimate of drug-likeness (QED) is 0.774. The Morgan fingerprint density at radius 1 is 1.39 bits per heavy atom. The lowest BCUT2D eigenvalue weighted by Crippen LogP contribution is -2.38. The van der Waals surface area contributed by atoms with Gasteiger partial charge >= 0.3 is 0 Å². The van der Waals surface area contributed by atoms with E-state index in [1.165, 1.54) is 19.3 Å². The Balaban J connectivity index is 2.10. The molecule has 1 aliphatic heterocycles. The van der Waals surface area contributed by atoms with Gasteiger partial charge in [-0.05, 0) is 38.3 Å². The maximum atomic E-state index is 6.13. The van der Waals surface area contributed by atoms with E-state index in [2.05, 4.69) is 16.2 Å². The van der Waals surface area contributed by atoms with Gasteiger partial charge in [0.15, 0.2) is 5.82 Å². The SMILES string of the molecule is CC1CCCCN1c1nc2ccccn2c1CCl. The molecular formula is C14H18ClN3. The van der Waals surface area contributed by atoms with Crippen LogP contribution in [0.2, 0.25) is 0 Å². The van der Waals surface area contributed by atoms with Crippen molar-refractivity contribution in [2.45, 2.75) is 38.1 Å². The van der Waals surface area contributed by atoms with Crippen LogP contribution < -0.4 is 4.90 Å². The summed E-state index contributed by atoms with van der Waals surface area (Å²) >= 11 is 6.13. The summed E-state index contributed by atoms with van der Waals surface area (Å²) in [6.45, 7) is 3.37. The van der Waals surface area contributed by atoms with Gasteiger partial charge in [0.1, 0.15) is 5.65 Å². The normalized spacial score (nSPS) is 20.6. The second kappa shape index (κ2) is 4.81. The van der Waals surface area contributed by atoms with E-state index >= 15 is 0 Å². The van der Waals surface area contributed by atoms with E-state index in [1.54, 1.807) is 0 Å². The van der Waals surface area contributed by atoms with Crippen molar-refractivity contribution in [1.29, 1.82) is 0 Å². The molecule has 96 valence electrons.